The van der Waals surface area contributed by atoms with E-state index in [0.29, 0.717) is 6.04 Å². The Kier molecular flexibility index (Phi) is 9.06. The van der Waals surface area contributed by atoms with E-state index < -0.39 is 0 Å². The molecule has 24 heavy (non-hydrogen) atoms. The smallest absolute Gasteiger partial charge is 0.251 e. The highest BCUT2D eigenvalue weighted by atomic mass is 35.5. The Hall–Kier alpha value is -0.810. The Balaban J connectivity index is 0.00000144. The molecule has 0 aromatic heterocycles. The molecule has 1 heterocycles. The van der Waals surface area contributed by atoms with E-state index in [2.05, 4.69) is 16.3 Å². The Morgan fingerprint density at radius 1 is 1.12 bits per heavy atom. The van der Waals surface area contributed by atoms with Crippen LogP contribution in [-0.4, -0.2) is 36.0 Å². The van der Waals surface area contributed by atoms with Crippen LogP contribution in [0.2, 0.25) is 0 Å². The van der Waals surface area contributed by atoms with Gasteiger partial charge in [0, 0.05) is 24.2 Å². The van der Waals surface area contributed by atoms with Gasteiger partial charge in [-0.3, -0.25) is 9.69 Å². The monoisotopic (exact) mass is 373 g/mol. The summed E-state index contributed by atoms with van der Waals surface area (Å²) in [6.07, 6.45) is 6.62. The first-order valence-electron chi connectivity index (χ1n) is 8.58. The summed E-state index contributed by atoms with van der Waals surface area (Å²) in [4.78, 5) is 14.9. The van der Waals surface area contributed by atoms with E-state index in [1.165, 1.54) is 31.5 Å². The maximum absolute atomic E-state index is 12.4. The summed E-state index contributed by atoms with van der Waals surface area (Å²) in [5.74, 6) is 0.0590. The normalized spacial score (nSPS) is 23.9. The zero-order chi connectivity index (χ0) is 15.4. The van der Waals surface area contributed by atoms with Crippen LogP contribution < -0.4 is 11.1 Å². The standard InChI is InChI=1S/C18H27N3O.2ClH/c19-16-6-8-17(9-7-16)20-18(22)15-5-3-4-14(12-15)13-21-10-1-2-11-21;;/h3-5,12,16-17H,1-2,6-11,13,19H2,(H,20,22);2*1H. The third kappa shape index (κ3) is 5.92. The van der Waals surface area contributed by atoms with Crippen LogP contribution >= 0.6 is 24.8 Å². The topological polar surface area (TPSA) is 58.4 Å². The number of rotatable bonds is 4. The molecule has 0 bridgehead atoms. The molecule has 136 valence electrons. The quantitative estimate of drug-likeness (QED) is 0.851. The van der Waals surface area contributed by atoms with E-state index >= 15 is 0 Å². The Morgan fingerprint density at radius 3 is 2.46 bits per heavy atom. The zero-order valence-corrected chi connectivity index (χ0v) is 15.7. The van der Waals surface area contributed by atoms with Gasteiger partial charge in [-0.1, -0.05) is 12.1 Å². The molecule has 1 saturated heterocycles. The molecule has 0 atom stereocenters. The van der Waals surface area contributed by atoms with Crippen LogP contribution in [0.4, 0.5) is 0 Å². The number of likely N-dealkylation sites (tertiary alicyclic amines) is 1. The summed E-state index contributed by atoms with van der Waals surface area (Å²) in [5, 5.41) is 3.17. The minimum atomic E-state index is 0. The highest BCUT2D eigenvalue weighted by Gasteiger charge is 2.20. The molecule has 1 amide bonds. The second-order valence-electron chi connectivity index (χ2n) is 6.77. The highest BCUT2D eigenvalue weighted by molar-refractivity contribution is 5.94. The minimum Gasteiger partial charge on any atom is -0.349 e. The van der Waals surface area contributed by atoms with Gasteiger partial charge < -0.3 is 11.1 Å². The van der Waals surface area contributed by atoms with Crippen LogP contribution in [0, 0.1) is 0 Å². The average Bonchev–Trinajstić information content (AvgIpc) is 3.03. The fraction of sp³-hybridized carbons (Fsp3) is 0.611. The maximum atomic E-state index is 12.4. The molecule has 2 aliphatic rings. The van der Waals surface area contributed by atoms with Gasteiger partial charge in [-0.2, -0.15) is 0 Å². The zero-order valence-electron chi connectivity index (χ0n) is 14.1. The summed E-state index contributed by atoms with van der Waals surface area (Å²) >= 11 is 0. The lowest BCUT2D eigenvalue weighted by molar-refractivity contribution is 0.0925. The van der Waals surface area contributed by atoms with Crippen LogP contribution in [0.1, 0.15) is 54.4 Å². The van der Waals surface area contributed by atoms with Crippen LogP contribution in [-0.2, 0) is 6.54 Å². The van der Waals surface area contributed by atoms with Crippen molar-refractivity contribution in [3.8, 4) is 0 Å². The van der Waals surface area contributed by atoms with Gasteiger partial charge in [0.15, 0.2) is 0 Å². The van der Waals surface area contributed by atoms with Gasteiger partial charge >= 0.3 is 0 Å². The predicted molar refractivity (Wildman–Crippen MR) is 103 cm³/mol. The summed E-state index contributed by atoms with van der Waals surface area (Å²) < 4.78 is 0. The largest absolute Gasteiger partial charge is 0.349 e. The van der Waals surface area contributed by atoms with Gasteiger partial charge in [0.2, 0.25) is 0 Å². The van der Waals surface area contributed by atoms with E-state index in [-0.39, 0.29) is 36.8 Å². The number of nitrogens with one attached hydrogen (secondary N) is 1. The first-order valence-corrected chi connectivity index (χ1v) is 8.58. The minimum absolute atomic E-state index is 0. The fourth-order valence-electron chi connectivity index (χ4n) is 3.54. The lowest BCUT2D eigenvalue weighted by Crippen LogP contribution is -2.40. The molecule has 1 aromatic rings. The van der Waals surface area contributed by atoms with Crippen molar-refractivity contribution in [3.05, 3.63) is 35.4 Å². The second kappa shape index (κ2) is 10.2. The van der Waals surface area contributed by atoms with Crippen LogP contribution in [0.25, 0.3) is 0 Å². The maximum Gasteiger partial charge on any atom is 0.251 e. The number of nitrogens with two attached hydrogens (primary N) is 1. The van der Waals surface area contributed by atoms with E-state index in [4.69, 9.17) is 5.73 Å². The number of carbonyl (C=O) groups is 1. The lowest BCUT2D eigenvalue weighted by Gasteiger charge is -2.26. The molecular weight excluding hydrogens is 345 g/mol. The van der Waals surface area contributed by atoms with Crippen molar-refractivity contribution >= 4 is 30.7 Å². The van der Waals surface area contributed by atoms with Gasteiger partial charge in [-0.15, -0.1) is 24.8 Å². The molecule has 1 aliphatic heterocycles. The molecule has 1 aromatic carbocycles. The SMILES string of the molecule is Cl.Cl.NC1CCC(NC(=O)c2cccc(CN3CCCC3)c2)CC1. The third-order valence-electron chi connectivity index (χ3n) is 4.90. The van der Waals surface area contributed by atoms with E-state index in [0.717, 1.165) is 37.8 Å². The molecule has 3 N–H and O–H groups in total. The van der Waals surface area contributed by atoms with Crippen LogP contribution in [0.15, 0.2) is 24.3 Å². The van der Waals surface area contributed by atoms with Crippen LogP contribution in [0.5, 0.6) is 0 Å². The summed E-state index contributed by atoms with van der Waals surface area (Å²) in [5.41, 5.74) is 7.94. The molecule has 0 radical (unpaired) electrons. The number of hydrogen-bond donors (Lipinski definition) is 2. The first-order chi connectivity index (χ1) is 10.7. The number of benzene rings is 1. The van der Waals surface area contributed by atoms with E-state index in [9.17, 15) is 4.79 Å². The molecule has 4 nitrogen and oxygen atoms in total. The molecule has 1 aliphatic carbocycles. The van der Waals surface area contributed by atoms with Gasteiger partial charge in [0.25, 0.3) is 5.91 Å². The number of carbonyl (C=O) groups excluding carboxylic acids is 1. The summed E-state index contributed by atoms with van der Waals surface area (Å²) in [7, 11) is 0. The molecule has 1 saturated carbocycles. The second-order valence-corrected chi connectivity index (χ2v) is 6.77. The lowest BCUT2D eigenvalue weighted by atomic mass is 9.91. The number of halogens is 2. The Bertz CT molecular complexity index is 513. The predicted octanol–water partition coefficient (Wildman–Crippen LogP) is 3.13. The molecule has 2 fully saturated rings. The van der Waals surface area contributed by atoms with E-state index in [1.807, 2.05) is 18.2 Å². The first kappa shape index (κ1) is 21.2. The van der Waals surface area contributed by atoms with Crippen molar-refractivity contribution < 1.29 is 4.79 Å². The van der Waals surface area contributed by atoms with Gasteiger partial charge in [-0.25, -0.2) is 0 Å². The highest BCUT2D eigenvalue weighted by Crippen LogP contribution is 2.18. The summed E-state index contributed by atoms with van der Waals surface area (Å²) in [6, 6.07) is 8.68. The van der Waals surface area contributed by atoms with Crippen LogP contribution in [0.3, 0.4) is 0 Å². The van der Waals surface area contributed by atoms with Crippen molar-refractivity contribution in [1.82, 2.24) is 10.2 Å². The van der Waals surface area contributed by atoms with Crippen molar-refractivity contribution in [2.75, 3.05) is 13.1 Å². The molecule has 0 unspecified atom stereocenters. The van der Waals surface area contributed by atoms with Crippen molar-refractivity contribution in [1.29, 1.82) is 0 Å². The number of amides is 1. The van der Waals surface area contributed by atoms with Gasteiger partial charge in [-0.05, 0) is 69.3 Å². The van der Waals surface area contributed by atoms with Crippen molar-refractivity contribution in [2.24, 2.45) is 5.73 Å². The molecule has 3 rings (SSSR count). The van der Waals surface area contributed by atoms with Crippen molar-refractivity contribution in [2.45, 2.75) is 57.2 Å². The third-order valence-corrected chi connectivity index (χ3v) is 4.90. The van der Waals surface area contributed by atoms with Crippen molar-refractivity contribution in [3.63, 3.8) is 0 Å². The average molecular weight is 374 g/mol. The molecule has 0 spiro atoms. The Labute approximate surface area is 157 Å². The fourth-order valence-corrected chi connectivity index (χ4v) is 3.54. The van der Waals surface area contributed by atoms with E-state index in [1.54, 1.807) is 0 Å². The molecule has 6 heteroatoms. The molecular formula is C18H29Cl2N3O. The Morgan fingerprint density at radius 2 is 1.79 bits per heavy atom. The number of nitrogens with zero attached hydrogens (tertiary/aromatic N) is 1. The number of hydrogen-bond acceptors (Lipinski definition) is 3. The summed E-state index contributed by atoms with van der Waals surface area (Å²) in [6.45, 7) is 3.32. The van der Waals surface area contributed by atoms with Gasteiger partial charge in [0.05, 0.1) is 0 Å². The van der Waals surface area contributed by atoms with Gasteiger partial charge in [0.1, 0.15) is 0 Å².